The van der Waals surface area contributed by atoms with Crippen LogP contribution in [0.15, 0.2) is 0 Å². The Morgan fingerprint density at radius 1 is 1.07 bits per heavy atom. The molecule has 0 N–H and O–H groups in total. The third kappa shape index (κ3) is 1.99. The van der Waals surface area contributed by atoms with Gasteiger partial charge >= 0.3 is 0 Å². The van der Waals surface area contributed by atoms with E-state index >= 15 is 0 Å². The molecule has 0 heterocycles. The van der Waals surface area contributed by atoms with Gasteiger partial charge in [0.2, 0.25) is 0 Å². The van der Waals surface area contributed by atoms with Crippen molar-refractivity contribution < 1.29 is 0 Å². The van der Waals surface area contributed by atoms with Crippen LogP contribution in [0.1, 0.15) is 60.3 Å². The highest BCUT2D eigenvalue weighted by atomic mass is 14.5. The number of rotatable bonds is 5. The van der Waals surface area contributed by atoms with Gasteiger partial charge in [0.1, 0.15) is 0 Å². The van der Waals surface area contributed by atoms with Gasteiger partial charge in [-0.3, -0.25) is 0 Å². The summed E-state index contributed by atoms with van der Waals surface area (Å²) in [6.45, 7) is 12.0. The Labute approximate surface area is 90.5 Å². The van der Waals surface area contributed by atoms with E-state index in [1.807, 2.05) is 0 Å². The molecule has 1 fully saturated rings. The fourth-order valence-corrected chi connectivity index (χ4v) is 3.80. The molecular weight excluding hydrogens is 168 g/mol. The second-order valence-corrected chi connectivity index (χ2v) is 5.35. The van der Waals surface area contributed by atoms with Crippen LogP contribution < -0.4 is 0 Å². The van der Waals surface area contributed by atoms with Crippen LogP contribution in [0.4, 0.5) is 0 Å². The van der Waals surface area contributed by atoms with Crippen molar-refractivity contribution in [1.29, 1.82) is 0 Å². The summed E-state index contributed by atoms with van der Waals surface area (Å²) in [5.74, 6) is 5.06. The van der Waals surface area contributed by atoms with Crippen molar-refractivity contribution in [2.45, 2.75) is 60.3 Å². The van der Waals surface area contributed by atoms with Crippen LogP contribution >= 0.6 is 0 Å². The van der Waals surface area contributed by atoms with Gasteiger partial charge in [0, 0.05) is 0 Å². The lowest BCUT2D eigenvalue weighted by Crippen LogP contribution is -2.47. The average Bonchev–Trinajstić information content (AvgIpc) is 2.20. The highest BCUT2D eigenvalue weighted by molar-refractivity contribution is 4.95. The van der Waals surface area contributed by atoms with Gasteiger partial charge in [-0.15, -0.1) is 0 Å². The Balaban J connectivity index is 2.54. The Hall–Kier alpha value is 0. The number of hydrogen-bond acceptors (Lipinski definition) is 0. The predicted molar refractivity (Wildman–Crippen MR) is 64.3 cm³/mol. The molecule has 0 aromatic carbocycles. The molecule has 14 heavy (non-hydrogen) atoms. The monoisotopic (exact) mass is 196 g/mol. The second-order valence-electron chi connectivity index (χ2n) is 5.35. The fourth-order valence-electron chi connectivity index (χ4n) is 3.80. The summed E-state index contributed by atoms with van der Waals surface area (Å²) in [6, 6.07) is 0. The normalized spacial score (nSPS) is 39.2. The van der Waals surface area contributed by atoms with Gasteiger partial charge in [0.25, 0.3) is 0 Å². The smallest absolute Gasteiger partial charge is 0.0329 e. The van der Waals surface area contributed by atoms with Crippen molar-refractivity contribution in [3.05, 3.63) is 0 Å². The van der Waals surface area contributed by atoms with E-state index in [0.717, 1.165) is 29.6 Å². The zero-order valence-electron chi connectivity index (χ0n) is 10.7. The van der Waals surface area contributed by atoms with Crippen molar-refractivity contribution in [3.63, 3.8) is 0 Å². The van der Waals surface area contributed by atoms with Gasteiger partial charge in [0.05, 0.1) is 0 Å². The lowest BCUT2D eigenvalue weighted by molar-refractivity contribution is -0.0531. The van der Waals surface area contributed by atoms with Crippen LogP contribution in [-0.4, -0.2) is 0 Å². The van der Waals surface area contributed by atoms with E-state index in [1.54, 1.807) is 0 Å². The van der Waals surface area contributed by atoms with Crippen LogP contribution in [0.25, 0.3) is 0 Å². The molecule has 5 unspecified atom stereocenters. The summed E-state index contributed by atoms with van der Waals surface area (Å²) in [7, 11) is 0. The summed E-state index contributed by atoms with van der Waals surface area (Å²) < 4.78 is 0. The van der Waals surface area contributed by atoms with Gasteiger partial charge < -0.3 is 0 Å². The first-order valence-electron chi connectivity index (χ1n) is 6.67. The first-order chi connectivity index (χ1) is 6.67. The van der Waals surface area contributed by atoms with Gasteiger partial charge in [-0.1, -0.05) is 60.3 Å². The molecule has 0 nitrogen and oxygen atoms in total. The maximum absolute atomic E-state index is 2.49. The lowest BCUT2D eigenvalue weighted by Gasteiger charge is -2.54. The van der Waals surface area contributed by atoms with E-state index in [9.17, 15) is 0 Å². The molecule has 1 aliphatic rings. The maximum Gasteiger partial charge on any atom is -0.0329 e. The molecule has 1 saturated carbocycles. The van der Waals surface area contributed by atoms with Gasteiger partial charge in [0.15, 0.2) is 0 Å². The van der Waals surface area contributed by atoms with Crippen LogP contribution in [0, 0.1) is 29.6 Å². The van der Waals surface area contributed by atoms with Crippen molar-refractivity contribution in [2.24, 2.45) is 29.6 Å². The van der Waals surface area contributed by atoms with E-state index in [2.05, 4.69) is 34.6 Å². The van der Waals surface area contributed by atoms with E-state index in [0.29, 0.717) is 0 Å². The molecule has 84 valence electrons. The van der Waals surface area contributed by atoms with Crippen molar-refractivity contribution >= 4 is 0 Å². The van der Waals surface area contributed by atoms with Gasteiger partial charge in [-0.05, 0) is 29.6 Å². The first kappa shape index (κ1) is 12.1. The fraction of sp³-hybridized carbons (Fsp3) is 1.00. The van der Waals surface area contributed by atoms with Crippen molar-refractivity contribution in [3.8, 4) is 0 Å². The zero-order valence-corrected chi connectivity index (χ0v) is 10.7. The minimum Gasteiger partial charge on any atom is -0.0654 e. The standard InChI is InChI=1S/C14H28/c1-6-9-13-11(5)14(10(4)7-2)12(13)8-3/h10-14H,6-9H2,1-5H3. The molecule has 0 saturated heterocycles. The van der Waals surface area contributed by atoms with E-state index in [-0.39, 0.29) is 0 Å². The topological polar surface area (TPSA) is 0 Å². The summed E-state index contributed by atoms with van der Waals surface area (Å²) in [4.78, 5) is 0. The van der Waals surface area contributed by atoms with Crippen LogP contribution in [0.5, 0.6) is 0 Å². The molecule has 0 spiro atoms. The van der Waals surface area contributed by atoms with Gasteiger partial charge in [-0.2, -0.15) is 0 Å². The van der Waals surface area contributed by atoms with Crippen LogP contribution in [0.2, 0.25) is 0 Å². The van der Waals surface area contributed by atoms with Crippen molar-refractivity contribution in [1.82, 2.24) is 0 Å². The summed E-state index contributed by atoms with van der Waals surface area (Å²) in [5, 5.41) is 0. The van der Waals surface area contributed by atoms with E-state index in [4.69, 9.17) is 0 Å². The summed E-state index contributed by atoms with van der Waals surface area (Å²) >= 11 is 0. The van der Waals surface area contributed by atoms with Crippen LogP contribution in [-0.2, 0) is 0 Å². The molecule has 0 aromatic heterocycles. The number of hydrogen-bond donors (Lipinski definition) is 0. The zero-order chi connectivity index (χ0) is 10.7. The summed E-state index contributed by atoms with van der Waals surface area (Å²) in [5.41, 5.74) is 0. The van der Waals surface area contributed by atoms with Crippen LogP contribution in [0.3, 0.4) is 0 Å². The Kier molecular flexibility index (Phi) is 4.47. The van der Waals surface area contributed by atoms with Gasteiger partial charge in [-0.25, -0.2) is 0 Å². The SMILES string of the molecule is CCCC1C(C)C(C(C)CC)C1CC. The Morgan fingerprint density at radius 3 is 2.14 bits per heavy atom. The molecule has 0 aliphatic heterocycles. The highest BCUT2D eigenvalue weighted by Gasteiger charge is 2.47. The molecule has 1 rings (SSSR count). The lowest BCUT2D eigenvalue weighted by atomic mass is 9.51. The third-order valence-corrected chi connectivity index (χ3v) is 4.72. The predicted octanol–water partition coefficient (Wildman–Crippen LogP) is 4.74. The van der Waals surface area contributed by atoms with E-state index < -0.39 is 0 Å². The molecule has 5 atom stereocenters. The van der Waals surface area contributed by atoms with E-state index in [1.165, 1.54) is 25.7 Å². The molecular formula is C14H28. The first-order valence-corrected chi connectivity index (χ1v) is 6.67. The Morgan fingerprint density at radius 2 is 1.71 bits per heavy atom. The second kappa shape index (κ2) is 5.19. The Bertz CT molecular complexity index is 161. The minimum absolute atomic E-state index is 0.947. The molecule has 0 amide bonds. The minimum atomic E-state index is 0.947. The maximum atomic E-state index is 2.49. The quantitative estimate of drug-likeness (QED) is 0.595. The third-order valence-electron chi connectivity index (χ3n) is 4.72. The molecule has 1 aliphatic carbocycles. The molecule has 0 aromatic rings. The van der Waals surface area contributed by atoms with Crippen molar-refractivity contribution in [2.75, 3.05) is 0 Å². The largest absolute Gasteiger partial charge is 0.0654 e. The summed E-state index contributed by atoms with van der Waals surface area (Å²) in [6.07, 6.45) is 5.61. The molecule has 0 bridgehead atoms. The molecule has 0 radical (unpaired) electrons. The highest BCUT2D eigenvalue weighted by Crippen LogP contribution is 2.53. The molecule has 0 heteroatoms. The average molecular weight is 196 g/mol.